The molecule has 0 aromatic heterocycles. The van der Waals surface area contributed by atoms with Gasteiger partial charge in [0.1, 0.15) is 5.75 Å². The quantitative estimate of drug-likeness (QED) is 0.816. The highest BCUT2D eigenvalue weighted by Gasteiger charge is 2.02. The van der Waals surface area contributed by atoms with Crippen molar-refractivity contribution in [3.8, 4) is 5.75 Å². The van der Waals surface area contributed by atoms with Crippen LogP contribution in [0.25, 0.3) is 0 Å². The highest BCUT2D eigenvalue weighted by atomic mass is 79.9. The van der Waals surface area contributed by atoms with Crippen LogP contribution in [0.5, 0.6) is 5.75 Å². The Bertz CT molecular complexity index is 581. The zero-order chi connectivity index (χ0) is 14.5. The maximum Gasteiger partial charge on any atom is 0.120 e. The molecule has 0 spiro atoms. The van der Waals surface area contributed by atoms with E-state index in [0.717, 1.165) is 22.5 Å². The number of nitrogens with one attached hydrogen (secondary N) is 1. The fourth-order valence-corrected chi connectivity index (χ4v) is 2.36. The van der Waals surface area contributed by atoms with E-state index < -0.39 is 0 Å². The molecule has 0 heterocycles. The van der Waals surface area contributed by atoms with E-state index in [0.29, 0.717) is 0 Å². The fourth-order valence-electron chi connectivity index (χ4n) is 1.97. The minimum absolute atomic E-state index is 0.198. The van der Waals surface area contributed by atoms with Gasteiger partial charge in [-0.05, 0) is 72.1 Å². The van der Waals surface area contributed by atoms with Gasteiger partial charge in [0, 0.05) is 16.7 Å². The van der Waals surface area contributed by atoms with Crippen LogP contribution in [0.2, 0.25) is 0 Å². The van der Waals surface area contributed by atoms with Crippen molar-refractivity contribution in [2.45, 2.75) is 33.4 Å². The van der Waals surface area contributed by atoms with Crippen LogP contribution in [0.3, 0.4) is 0 Å². The standard InChI is InChI=1S/C17H20BrNO/c1-12(2)20-15-6-4-5-14(10-15)11-19-17-9-13(3)7-8-16(17)18/h4-10,12,19H,11H2,1-3H3. The number of anilines is 1. The van der Waals surface area contributed by atoms with E-state index in [1.807, 2.05) is 26.0 Å². The van der Waals surface area contributed by atoms with Crippen molar-refractivity contribution in [1.82, 2.24) is 0 Å². The summed E-state index contributed by atoms with van der Waals surface area (Å²) in [4.78, 5) is 0. The van der Waals surface area contributed by atoms with Gasteiger partial charge in [-0.3, -0.25) is 0 Å². The number of ether oxygens (including phenoxy) is 1. The number of aryl methyl sites for hydroxylation is 1. The topological polar surface area (TPSA) is 21.3 Å². The van der Waals surface area contributed by atoms with Gasteiger partial charge < -0.3 is 10.1 Å². The van der Waals surface area contributed by atoms with Crippen molar-refractivity contribution in [1.29, 1.82) is 0 Å². The number of rotatable bonds is 5. The molecule has 0 aliphatic heterocycles. The SMILES string of the molecule is Cc1ccc(Br)c(NCc2cccc(OC(C)C)c2)c1. The number of hydrogen-bond acceptors (Lipinski definition) is 2. The van der Waals surface area contributed by atoms with Gasteiger partial charge in [-0.25, -0.2) is 0 Å². The largest absolute Gasteiger partial charge is 0.491 e. The first kappa shape index (κ1) is 14.9. The molecule has 2 aromatic rings. The lowest BCUT2D eigenvalue weighted by molar-refractivity contribution is 0.242. The Balaban J connectivity index is 2.05. The Morgan fingerprint density at radius 1 is 1.15 bits per heavy atom. The summed E-state index contributed by atoms with van der Waals surface area (Å²) in [5.74, 6) is 0.919. The maximum atomic E-state index is 5.71. The second-order valence-electron chi connectivity index (χ2n) is 5.15. The van der Waals surface area contributed by atoms with Gasteiger partial charge in [0.25, 0.3) is 0 Å². The van der Waals surface area contributed by atoms with Gasteiger partial charge in [-0.1, -0.05) is 18.2 Å². The summed E-state index contributed by atoms with van der Waals surface area (Å²) in [7, 11) is 0. The predicted molar refractivity (Wildman–Crippen MR) is 88.4 cm³/mol. The first-order chi connectivity index (χ1) is 9.54. The molecule has 20 heavy (non-hydrogen) atoms. The third-order valence-electron chi connectivity index (χ3n) is 2.88. The van der Waals surface area contributed by atoms with Gasteiger partial charge in [0.2, 0.25) is 0 Å². The van der Waals surface area contributed by atoms with E-state index >= 15 is 0 Å². The normalized spacial score (nSPS) is 10.7. The minimum atomic E-state index is 0.198. The van der Waals surface area contributed by atoms with Gasteiger partial charge in [-0.15, -0.1) is 0 Å². The fraction of sp³-hybridized carbons (Fsp3) is 0.294. The molecule has 0 unspecified atom stereocenters. The molecule has 0 aliphatic rings. The van der Waals surface area contributed by atoms with Crippen molar-refractivity contribution < 1.29 is 4.74 Å². The molecule has 2 rings (SSSR count). The molecule has 0 saturated carbocycles. The molecule has 2 nitrogen and oxygen atoms in total. The van der Waals surface area contributed by atoms with E-state index in [2.05, 4.69) is 58.5 Å². The van der Waals surface area contributed by atoms with Crippen LogP contribution in [0.1, 0.15) is 25.0 Å². The van der Waals surface area contributed by atoms with Crippen LogP contribution in [0.15, 0.2) is 46.9 Å². The Hall–Kier alpha value is -1.48. The average Bonchev–Trinajstić information content (AvgIpc) is 2.39. The molecular formula is C17H20BrNO. The van der Waals surface area contributed by atoms with Gasteiger partial charge in [-0.2, -0.15) is 0 Å². The monoisotopic (exact) mass is 333 g/mol. The molecular weight excluding hydrogens is 314 g/mol. The molecule has 0 radical (unpaired) electrons. The zero-order valence-corrected chi connectivity index (χ0v) is 13.7. The number of benzene rings is 2. The predicted octanol–water partition coefficient (Wildman–Crippen LogP) is 5.16. The Labute approximate surface area is 129 Å². The van der Waals surface area contributed by atoms with Gasteiger partial charge in [0.15, 0.2) is 0 Å². The van der Waals surface area contributed by atoms with Crippen LogP contribution < -0.4 is 10.1 Å². The molecule has 1 N–H and O–H groups in total. The minimum Gasteiger partial charge on any atom is -0.491 e. The molecule has 0 saturated heterocycles. The van der Waals surface area contributed by atoms with Crippen LogP contribution in [-0.4, -0.2) is 6.10 Å². The third kappa shape index (κ3) is 4.27. The third-order valence-corrected chi connectivity index (χ3v) is 3.57. The van der Waals surface area contributed by atoms with Crippen molar-refractivity contribution in [2.24, 2.45) is 0 Å². The first-order valence-corrected chi connectivity index (χ1v) is 7.59. The Kier molecular flexibility index (Phi) is 5.07. The zero-order valence-electron chi connectivity index (χ0n) is 12.1. The van der Waals surface area contributed by atoms with E-state index in [9.17, 15) is 0 Å². The molecule has 0 aliphatic carbocycles. The lowest BCUT2D eigenvalue weighted by atomic mass is 10.2. The molecule has 3 heteroatoms. The summed E-state index contributed by atoms with van der Waals surface area (Å²) in [6.07, 6.45) is 0.198. The smallest absolute Gasteiger partial charge is 0.120 e. The second kappa shape index (κ2) is 6.80. The second-order valence-corrected chi connectivity index (χ2v) is 6.01. The van der Waals surface area contributed by atoms with E-state index in [-0.39, 0.29) is 6.10 Å². The summed E-state index contributed by atoms with van der Waals surface area (Å²) in [6.45, 7) is 6.94. The Morgan fingerprint density at radius 2 is 1.95 bits per heavy atom. The highest BCUT2D eigenvalue weighted by molar-refractivity contribution is 9.10. The van der Waals surface area contributed by atoms with Crippen molar-refractivity contribution in [2.75, 3.05) is 5.32 Å². The summed E-state index contributed by atoms with van der Waals surface area (Å²) in [5, 5.41) is 3.45. The molecule has 106 valence electrons. The first-order valence-electron chi connectivity index (χ1n) is 6.80. The van der Waals surface area contributed by atoms with E-state index in [4.69, 9.17) is 4.74 Å². The highest BCUT2D eigenvalue weighted by Crippen LogP contribution is 2.24. The molecule has 0 atom stereocenters. The summed E-state index contributed by atoms with van der Waals surface area (Å²) in [6, 6.07) is 14.5. The molecule has 0 fully saturated rings. The van der Waals surface area contributed by atoms with Crippen LogP contribution in [0.4, 0.5) is 5.69 Å². The van der Waals surface area contributed by atoms with E-state index in [1.54, 1.807) is 0 Å². The summed E-state index contributed by atoms with van der Waals surface area (Å²) >= 11 is 3.56. The summed E-state index contributed by atoms with van der Waals surface area (Å²) in [5.41, 5.74) is 3.56. The molecule has 2 aromatic carbocycles. The molecule has 0 bridgehead atoms. The number of halogens is 1. The van der Waals surface area contributed by atoms with Crippen LogP contribution in [-0.2, 0) is 6.54 Å². The average molecular weight is 334 g/mol. The van der Waals surface area contributed by atoms with Crippen molar-refractivity contribution in [3.63, 3.8) is 0 Å². The lowest BCUT2D eigenvalue weighted by Gasteiger charge is -2.12. The molecule has 0 amide bonds. The number of hydrogen-bond donors (Lipinski definition) is 1. The van der Waals surface area contributed by atoms with Crippen LogP contribution in [0, 0.1) is 6.92 Å². The van der Waals surface area contributed by atoms with Crippen molar-refractivity contribution in [3.05, 3.63) is 58.1 Å². The van der Waals surface area contributed by atoms with Crippen LogP contribution >= 0.6 is 15.9 Å². The summed E-state index contributed by atoms with van der Waals surface area (Å²) < 4.78 is 6.79. The Morgan fingerprint density at radius 3 is 2.70 bits per heavy atom. The van der Waals surface area contributed by atoms with Gasteiger partial charge >= 0.3 is 0 Å². The maximum absolute atomic E-state index is 5.71. The van der Waals surface area contributed by atoms with Gasteiger partial charge in [0.05, 0.1) is 6.10 Å². The lowest BCUT2D eigenvalue weighted by Crippen LogP contribution is -2.06. The van der Waals surface area contributed by atoms with E-state index in [1.165, 1.54) is 11.1 Å². The van der Waals surface area contributed by atoms with Crippen molar-refractivity contribution >= 4 is 21.6 Å².